The zero-order valence-corrected chi connectivity index (χ0v) is 17.2. The molecule has 1 heterocycles. The topological polar surface area (TPSA) is 79.4 Å². The van der Waals surface area contributed by atoms with Crippen LogP contribution in [-0.4, -0.2) is 22.4 Å². The SMILES string of the molecule is CCOC(=O)c1cc(-c2ccc(Oc3ccccc3)cc2)nn1Cc1ccc(N)cc1. The Morgan fingerprint density at radius 2 is 1.61 bits per heavy atom. The highest BCUT2D eigenvalue weighted by Gasteiger charge is 2.18. The summed E-state index contributed by atoms with van der Waals surface area (Å²) in [7, 11) is 0. The Morgan fingerprint density at radius 1 is 0.935 bits per heavy atom. The van der Waals surface area contributed by atoms with Gasteiger partial charge >= 0.3 is 5.97 Å². The molecule has 2 N–H and O–H groups in total. The summed E-state index contributed by atoms with van der Waals surface area (Å²) in [5.74, 6) is 1.09. The number of esters is 1. The average molecular weight is 413 g/mol. The summed E-state index contributed by atoms with van der Waals surface area (Å²) in [6.45, 7) is 2.52. The molecule has 0 radical (unpaired) electrons. The molecule has 0 aliphatic heterocycles. The lowest BCUT2D eigenvalue weighted by Crippen LogP contribution is -2.14. The summed E-state index contributed by atoms with van der Waals surface area (Å²) in [5.41, 5.74) is 9.41. The van der Waals surface area contributed by atoms with Crippen LogP contribution in [0.4, 0.5) is 5.69 Å². The van der Waals surface area contributed by atoms with Gasteiger partial charge in [0.1, 0.15) is 17.2 Å². The number of rotatable bonds is 7. The Kier molecular flexibility index (Phi) is 5.98. The van der Waals surface area contributed by atoms with Gasteiger partial charge in [0.25, 0.3) is 0 Å². The summed E-state index contributed by atoms with van der Waals surface area (Å²) in [5, 5.41) is 4.66. The van der Waals surface area contributed by atoms with E-state index in [0.717, 1.165) is 22.6 Å². The van der Waals surface area contributed by atoms with Gasteiger partial charge in [0.15, 0.2) is 0 Å². The molecule has 4 aromatic rings. The zero-order chi connectivity index (χ0) is 21.6. The minimum Gasteiger partial charge on any atom is -0.461 e. The number of ether oxygens (including phenoxy) is 2. The van der Waals surface area contributed by atoms with Crippen LogP contribution >= 0.6 is 0 Å². The second kappa shape index (κ2) is 9.17. The highest BCUT2D eigenvalue weighted by Crippen LogP contribution is 2.26. The summed E-state index contributed by atoms with van der Waals surface area (Å²) < 4.78 is 12.7. The summed E-state index contributed by atoms with van der Waals surface area (Å²) in [6.07, 6.45) is 0. The Balaban J connectivity index is 1.60. The maximum Gasteiger partial charge on any atom is 0.356 e. The van der Waals surface area contributed by atoms with Crippen LogP contribution in [0.3, 0.4) is 0 Å². The van der Waals surface area contributed by atoms with Crippen LogP contribution in [-0.2, 0) is 11.3 Å². The third-order valence-corrected chi connectivity index (χ3v) is 4.71. The minimum absolute atomic E-state index is 0.298. The van der Waals surface area contributed by atoms with Crippen LogP contribution < -0.4 is 10.5 Å². The second-order valence-corrected chi connectivity index (χ2v) is 6.97. The maximum atomic E-state index is 12.5. The number of nitrogens with two attached hydrogens (primary N) is 1. The Bertz CT molecular complexity index is 1150. The van der Waals surface area contributed by atoms with Crippen molar-refractivity contribution >= 4 is 11.7 Å². The first kappa shape index (κ1) is 20.2. The van der Waals surface area contributed by atoms with E-state index in [0.29, 0.717) is 30.2 Å². The van der Waals surface area contributed by atoms with Crippen LogP contribution in [0.1, 0.15) is 23.0 Å². The first-order chi connectivity index (χ1) is 15.1. The predicted octanol–water partition coefficient (Wildman–Crippen LogP) is 5.15. The summed E-state index contributed by atoms with van der Waals surface area (Å²) in [6, 6.07) is 26.4. The molecular formula is C25H23N3O3. The molecule has 6 heteroatoms. The van der Waals surface area contributed by atoms with Crippen LogP contribution in [0, 0.1) is 0 Å². The third kappa shape index (κ3) is 4.93. The molecule has 0 aliphatic carbocycles. The van der Waals surface area contributed by atoms with Gasteiger partial charge in [-0.15, -0.1) is 0 Å². The second-order valence-electron chi connectivity index (χ2n) is 6.97. The van der Waals surface area contributed by atoms with Gasteiger partial charge in [0.05, 0.1) is 18.8 Å². The molecule has 0 saturated heterocycles. The Hall–Kier alpha value is -4.06. The van der Waals surface area contributed by atoms with E-state index in [1.807, 2.05) is 78.9 Å². The number of carbonyl (C=O) groups excluding carboxylic acids is 1. The van der Waals surface area contributed by atoms with Crippen molar-refractivity contribution in [3.8, 4) is 22.8 Å². The first-order valence-corrected chi connectivity index (χ1v) is 10.0. The summed E-state index contributed by atoms with van der Waals surface area (Å²) in [4.78, 5) is 12.5. The van der Waals surface area contributed by atoms with E-state index in [4.69, 9.17) is 15.2 Å². The van der Waals surface area contributed by atoms with Crippen LogP contribution in [0.15, 0.2) is 84.9 Å². The van der Waals surface area contributed by atoms with E-state index < -0.39 is 5.97 Å². The molecule has 0 aliphatic rings. The van der Waals surface area contributed by atoms with Crippen molar-refractivity contribution in [2.45, 2.75) is 13.5 Å². The fraction of sp³-hybridized carbons (Fsp3) is 0.120. The summed E-state index contributed by atoms with van der Waals surface area (Å²) >= 11 is 0. The number of anilines is 1. The number of nitrogen functional groups attached to an aromatic ring is 1. The average Bonchev–Trinajstić information content (AvgIpc) is 3.21. The molecule has 3 aromatic carbocycles. The van der Waals surface area contributed by atoms with E-state index in [2.05, 4.69) is 5.10 Å². The monoisotopic (exact) mass is 413 g/mol. The first-order valence-electron chi connectivity index (χ1n) is 10.0. The van der Waals surface area contributed by atoms with Gasteiger partial charge < -0.3 is 15.2 Å². The standard InChI is InChI=1S/C25H23N3O3/c1-2-30-25(29)24-16-23(27-28(24)17-18-8-12-20(26)13-9-18)19-10-14-22(15-11-19)31-21-6-4-3-5-7-21/h3-16H,2,17,26H2,1H3. The molecular weight excluding hydrogens is 390 g/mol. The van der Waals surface area contributed by atoms with Gasteiger partial charge in [-0.05, 0) is 67.1 Å². The number of aromatic nitrogens is 2. The lowest BCUT2D eigenvalue weighted by atomic mass is 10.1. The fourth-order valence-corrected chi connectivity index (χ4v) is 3.16. The quantitative estimate of drug-likeness (QED) is 0.335. The Labute approximate surface area is 180 Å². The molecule has 6 nitrogen and oxygen atoms in total. The lowest BCUT2D eigenvalue weighted by molar-refractivity contribution is 0.0512. The number of nitrogens with zero attached hydrogens (tertiary/aromatic N) is 2. The molecule has 4 rings (SSSR count). The lowest BCUT2D eigenvalue weighted by Gasteiger charge is -2.07. The molecule has 1 aromatic heterocycles. The van der Waals surface area contributed by atoms with Crippen molar-refractivity contribution in [3.05, 3.63) is 96.2 Å². The number of hydrogen-bond acceptors (Lipinski definition) is 5. The molecule has 31 heavy (non-hydrogen) atoms. The van der Waals surface area contributed by atoms with Gasteiger partial charge in [-0.3, -0.25) is 4.68 Å². The van der Waals surface area contributed by atoms with Gasteiger partial charge in [0.2, 0.25) is 0 Å². The van der Waals surface area contributed by atoms with E-state index in [1.165, 1.54) is 0 Å². The Morgan fingerprint density at radius 3 is 2.29 bits per heavy atom. The van der Waals surface area contributed by atoms with E-state index in [1.54, 1.807) is 17.7 Å². The predicted molar refractivity (Wildman–Crippen MR) is 120 cm³/mol. The minimum atomic E-state index is -0.402. The van der Waals surface area contributed by atoms with Crippen LogP contribution in [0.2, 0.25) is 0 Å². The van der Waals surface area contributed by atoms with E-state index in [-0.39, 0.29) is 0 Å². The highest BCUT2D eigenvalue weighted by atomic mass is 16.5. The normalized spacial score (nSPS) is 10.6. The smallest absolute Gasteiger partial charge is 0.356 e. The van der Waals surface area contributed by atoms with Crippen molar-refractivity contribution in [2.24, 2.45) is 0 Å². The van der Waals surface area contributed by atoms with Crippen molar-refractivity contribution in [3.63, 3.8) is 0 Å². The fourth-order valence-electron chi connectivity index (χ4n) is 3.16. The van der Waals surface area contributed by atoms with Gasteiger partial charge in [-0.1, -0.05) is 30.3 Å². The number of hydrogen-bond donors (Lipinski definition) is 1. The van der Waals surface area contributed by atoms with Crippen molar-refractivity contribution in [1.29, 1.82) is 0 Å². The number of carbonyl (C=O) groups is 1. The van der Waals surface area contributed by atoms with Crippen molar-refractivity contribution < 1.29 is 14.3 Å². The molecule has 0 atom stereocenters. The van der Waals surface area contributed by atoms with Gasteiger partial charge in [-0.25, -0.2) is 4.79 Å². The van der Waals surface area contributed by atoms with E-state index in [9.17, 15) is 4.79 Å². The highest BCUT2D eigenvalue weighted by molar-refractivity contribution is 5.89. The largest absolute Gasteiger partial charge is 0.461 e. The van der Waals surface area contributed by atoms with Crippen LogP contribution in [0.5, 0.6) is 11.5 Å². The third-order valence-electron chi connectivity index (χ3n) is 4.71. The molecule has 156 valence electrons. The van der Waals surface area contributed by atoms with Gasteiger partial charge in [0, 0.05) is 11.3 Å². The number of para-hydroxylation sites is 1. The van der Waals surface area contributed by atoms with Crippen LogP contribution in [0.25, 0.3) is 11.3 Å². The van der Waals surface area contributed by atoms with Crippen molar-refractivity contribution in [2.75, 3.05) is 12.3 Å². The number of benzene rings is 3. The molecule has 0 saturated carbocycles. The molecule has 0 bridgehead atoms. The maximum absolute atomic E-state index is 12.5. The zero-order valence-electron chi connectivity index (χ0n) is 17.2. The molecule has 0 unspecified atom stereocenters. The molecule has 0 spiro atoms. The van der Waals surface area contributed by atoms with Gasteiger partial charge in [-0.2, -0.15) is 5.10 Å². The van der Waals surface area contributed by atoms with Crippen molar-refractivity contribution in [1.82, 2.24) is 9.78 Å². The molecule has 0 fully saturated rings. The van der Waals surface area contributed by atoms with E-state index >= 15 is 0 Å². The molecule has 0 amide bonds.